The van der Waals surface area contributed by atoms with Crippen LogP contribution in [0.3, 0.4) is 0 Å². The van der Waals surface area contributed by atoms with Crippen molar-refractivity contribution in [1.82, 2.24) is 15.5 Å². The Morgan fingerprint density at radius 2 is 1.50 bits per heavy atom. The van der Waals surface area contributed by atoms with Crippen LogP contribution >= 0.6 is 0 Å². The highest BCUT2D eigenvalue weighted by atomic mass is 16.5. The molecule has 1 saturated heterocycles. The Balaban J connectivity index is 1.58. The molecule has 184 valence electrons. The zero-order valence-electron chi connectivity index (χ0n) is 20.5. The number of ether oxygens (including phenoxy) is 1. The molecule has 2 N–H and O–H groups in total. The summed E-state index contributed by atoms with van der Waals surface area (Å²) in [5.41, 5.74) is 2.55. The lowest BCUT2D eigenvalue weighted by molar-refractivity contribution is -0.124. The van der Waals surface area contributed by atoms with Gasteiger partial charge in [0.2, 0.25) is 5.91 Å². The van der Waals surface area contributed by atoms with Gasteiger partial charge in [0.25, 0.3) is 0 Å². The Labute approximate surface area is 204 Å². The van der Waals surface area contributed by atoms with Gasteiger partial charge in [0, 0.05) is 19.1 Å². The fourth-order valence-electron chi connectivity index (χ4n) is 4.31. The standard InChI is InChI=1S/C28H39N3O3/c1-22(2)26(30-28(33)31-17-19-34-20-18-31)27(32)29-25(21-24-14-7-4-8-15-24)16-10-9-13-23-11-5-3-6-12-23/h3-8,11-12,14-15,22,25-26H,9-10,13,16-21H2,1-2H3,(H,29,32)(H,30,33). The van der Waals surface area contributed by atoms with E-state index in [0.29, 0.717) is 26.3 Å². The number of aryl methyl sites for hydroxylation is 1. The molecular weight excluding hydrogens is 426 g/mol. The smallest absolute Gasteiger partial charge is 0.318 e. The minimum Gasteiger partial charge on any atom is -0.378 e. The molecule has 0 saturated carbocycles. The molecule has 0 spiro atoms. The molecule has 3 rings (SSSR count). The Morgan fingerprint density at radius 3 is 2.12 bits per heavy atom. The van der Waals surface area contributed by atoms with Crippen LogP contribution in [0.2, 0.25) is 0 Å². The maximum Gasteiger partial charge on any atom is 0.318 e. The first-order chi connectivity index (χ1) is 16.5. The summed E-state index contributed by atoms with van der Waals surface area (Å²) >= 11 is 0. The summed E-state index contributed by atoms with van der Waals surface area (Å²) in [6.07, 6.45) is 4.82. The Bertz CT molecular complexity index is 867. The van der Waals surface area contributed by atoms with Crippen molar-refractivity contribution in [3.63, 3.8) is 0 Å². The Hall–Kier alpha value is -2.86. The van der Waals surface area contributed by atoms with Crippen molar-refractivity contribution in [3.8, 4) is 0 Å². The van der Waals surface area contributed by atoms with E-state index in [-0.39, 0.29) is 23.9 Å². The number of nitrogens with one attached hydrogen (secondary N) is 2. The SMILES string of the molecule is CC(C)C(NC(=O)N1CCOCC1)C(=O)NC(CCCCc1ccccc1)Cc1ccccc1. The van der Waals surface area contributed by atoms with Crippen LogP contribution < -0.4 is 10.6 Å². The molecule has 0 bridgehead atoms. The largest absolute Gasteiger partial charge is 0.378 e. The molecule has 2 unspecified atom stereocenters. The van der Waals surface area contributed by atoms with Gasteiger partial charge in [0.15, 0.2) is 0 Å². The molecule has 2 aromatic rings. The summed E-state index contributed by atoms with van der Waals surface area (Å²) in [6, 6.07) is 20.0. The monoisotopic (exact) mass is 465 g/mol. The number of amides is 3. The number of unbranched alkanes of at least 4 members (excludes halogenated alkanes) is 1. The number of morpholine rings is 1. The predicted molar refractivity (Wildman–Crippen MR) is 136 cm³/mol. The first kappa shape index (κ1) is 25.8. The number of hydrogen-bond donors (Lipinski definition) is 2. The van der Waals surface area contributed by atoms with E-state index in [9.17, 15) is 9.59 Å². The maximum absolute atomic E-state index is 13.3. The number of hydrogen-bond acceptors (Lipinski definition) is 3. The van der Waals surface area contributed by atoms with Gasteiger partial charge in [-0.2, -0.15) is 0 Å². The van der Waals surface area contributed by atoms with Crippen LogP contribution in [0.4, 0.5) is 4.79 Å². The molecule has 2 atom stereocenters. The number of carbonyl (C=O) groups is 2. The molecule has 1 fully saturated rings. The molecule has 0 aliphatic carbocycles. The van der Waals surface area contributed by atoms with E-state index in [1.54, 1.807) is 4.90 Å². The Morgan fingerprint density at radius 1 is 0.882 bits per heavy atom. The number of nitrogens with zero attached hydrogens (tertiary/aromatic N) is 1. The zero-order valence-corrected chi connectivity index (χ0v) is 20.5. The Kier molecular flexibility index (Phi) is 10.4. The lowest BCUT2D eigenvalue weighted by Crippen LogP contribution is -2.56. The summed E-state index contributed by atoms with van der Waals surface area (Å²) < 4.78 is 5.33. The number of urea groups is 1. The highest BCUT2D eigenvalue weighted by Gasteiger charge is 2.28. The zero-order chi connectivity index (χ0) is 24.2. The lowest BCUT2D eigenvalue weighted by atomic mass is 9.97. The van der Waals surface area contributed by atoms with E-state index in [0.717, 1.165) is 32.1 Å². The quantitative estimate of drug-likeness (QED) is 0.489. The topological polar surface area (TPSA) is 70.7 Å². The minimum atomic E-state index is -0.571. The molecule has 1 aliphatic rings. The van der Waals surface area contributed by atoms with E-state index in [4.69, 9.17) is 4.74 Å². The minimum absolute atomic E-state index is 0.0135. The normalized spacial score (nSPS) is 15.6. The average molecular weight is 466 g/mol. The highest BCUT2D eigenvalue weighted by Crippen LogP contribution is 2.13. The van der Waals surface area contributed by atoms with Gasteiger partial charge >= 0.3 is 6.03 Å². The van der Waals surface area contributed by atoms with Crippen LogP contribution in [-0.2, 0) is 22.4 Å². The number of carbonyl (C=O) groups excluding carboxylic acids is 2. The van der Waals surface area contributed by atoms with Crippen LogP contribution in [-0.4, -0.2) is 55.2 Å². The summed E-state index contributed by atoms with van der Waals surface area (Å²) in [7, 11) is 0. The van der Waals surface area contributed by atoms with Gasteiger partial charge in [-0.15, -0.1) is 0 Å². The first-order valence-corrected chi connectivity index (χ1v) is 12.5. The first-order valence-electron chi connectivity index (χ1n) is 12.5. The van der Waals surface area contributed by atoms with E-state index < -0.39 is 6.04 Å². The van der Waals surface area contributed by atoms with Crippen molar-refractivity contribution >= 4 is 11.9 Å². The second-order valence-corrected chi connectivity index (χ2v) is 9.40. The van der Waals surface area contributed by atoms with Crippen LogP contribution in [0.5, 0.6) is 0 Å². The summed E-state index contributed by atoms with van der Waals surface area (Å²) in [4.78, 5) is 27.7. The van der Waals surface area contributed by atoms with Gasteiger partial charge in [0.1, 0.15) is 6.04 Å². The fourth-order valence-corrected chi connectivity index (χ4v) is 4.31. The van der Waals surface area contributed by atoms with E-state index in [1.807, 2.05) is 38.1 Å². The third-order valence-electron chi connectivity index (χ3n) is 6.31. The van der Waals surface area contributed by atoms with Crippen molar-refractivity contribution in [2.45, 2.75) is 58.0 Å². The van der Waals surface area contributed by atoms with Gasteiger partial charge < -0.3 is 20.3 Å². The van der Waals surface area contributed by atoms with Crippen molar-refractivity contribution in [2.24, 2.45) is 5.92 Å². The molecule has 34 heavy (non-hydrogen) atoms. The number of benzene rings is 2. The van der Waals surface area contributed by atoms with Gasteiger partial charge in [-0.05, 0) is 42.7 Å². The molecule has 1 heterocycles. The molecule has 3 amide bonds. The molecule has 0 radical (unpaired) electrons. The third kappa shape index (κ3) is 8.49. The molecule has 6 nitrogen and oxygen atoms in total. The second kappa shape index (κ2) is 13.8. The van der Waals surface area contributed by atoms with Gasteiger partial charge in [-0.3, -0.25) is 4.79 Å². The predicted octanol–water partition coefficient (Wildman–Crippen LogP) is 4.19. The van der Waals surface area contributed by atoms with Gasteiger partial charge in [-0.25, -0.2) is 4.79 Å². The van der Waals surface area contributed by atoms with Crippen LogP contribution in [0.15, 0.2) is 60.7 Å². The summed E-state index contributed by atoms with van der Waals surface area (Å²) in [5, 5.41) is 6.22. The molecule has 2 aromatic carbocycles. The van der Waals surface area contributed by atoms with Crippen LogP contribution in [0, 0.1) is 5.92 Å². The highest BCUT2D eigenvalue weighted by molar-refractivity contribution is 5.87. The lowest BCUT2D eigenvalue weighted by Gasteiger charge is -2.31. The maximum atomic E-state index is 13.3. The number of rotatable bonds is 11. The van der Waals surface area contributed by atoms with Crippen LogP contribution in [0.25, 0.3) is 0 Å². The van der Waals surface area contributed by atoms with Crippen molar-refractivity contribution < 1.29 is 14.3 Å². The van der Waals surface area contributed by atoms with E-state index in [1.165, 1.54) is 11.1 Å². The van der Waals surface area contributed by atoms with E-state index in [2.05, 4.69) is 47.0 Å². The van der Waals surface area contributed by atoms with Gasteiger partial charge in [0.05, 0.1) is 13.2 Å². The van der Waals surface area contributed by atoms with Crippen LogP contribution in [0.1, 0.15) is 44.2 Å². The van der Waals surface area contributed by atoms with Crippen molar-refractivity contribution in [2.75, 3.05) is 26.3 Å². The van der Waals surface area contributed by atoms with Crippen molar-refractivity contribution in [3.05, 3.63) is 71.8 Å². The molecule has 1 aliphatic heterocycles. The van der Waals surface area contributed by atoms with Gasteiger partial charge in [-0.1, -0.05) is 80.9 Å². The average Bonchev–Trinajstić information content (AvgIpc) is 2.86. The second-order valence-electron chi connectivity index (χ2n) is 9.40. The van der Waals surface area contributed by atoms with Crippen molar-refractivity contribution in [1.29, 1.82) is 0 Å². The molecule has 0 aromatic heterocycles. The molecular formula is C28H39N3O3. The molecule has 6 heteroatoms. The summed E-state index contributed by atoms with van der Waals surface area (Å²) in [5.74, 6) is -0.124. The fraction of sp³-hybridized carbons (Fsp3) is 0.500. The third-order valence-corrected chi connectivity index (χ3v) is 6.31. The summed E-state index contributed by atoms with van der Waals surface area (Å²) in [6.45, 7) is 6.11. The van der Waals surface area contributed by atoms with E-state index >= 15 is 0 Å².